The van der Waals surface area contributed by atoms with Crippen LogP contribution in [0.3, 0.4) is 0 Å². The molecule has 0 aromatic carbocycles. The highest BCUT2D eigenvalue weighted by Crippen LogP contribution is 2.26. The van der Waals surface area contributed by atoms with Gasteiger partial charge in [-0.1, -0.05) is 0 Å². The molecule has 0 aromatic rings. The van der Waals surface area contributed by atoms with Gasteiger partial charge in [-0.25, -0.2) is 4.79 Å². The number of ether oxygens (including phenoxy) is 1. The molecule has 5 nitrogen and oxygen atoms in total. The highest BCUT2D eigenvalue weighted by atomic mass is 16.6. The predicted molar refractivity (Wildman–Crippen MR) is 59.1 cm³/mol. The van der Waals surface area contributed by atoms with Crippen LogP contribution in [-0.2, 0) is 4.74 Å². The minimum Gasteiger partial charge on any atom is -0.450 e. The maximum Gasteiger partial charge on any atom is 0.410 e. The van der Waals surface area contributed by atoms with Crippen LogP contribution in [0.1, 0.15) is 19.8 Å². The number of nitrogens with zero attached hydrogens (tertiary/aromatic N) is 1. The van der Waals surface area contributed by atoms with Crippen molar-refractivity contribution in [3.05, 3.63) is 0 Å². The van der Waals surface area contributed by atoms with Gasteiger partial charge >= 0.3 is 6.09 Å². The number of carbonyl (C=O) groups excluding carboxylic acids is 1. The number of amides is 1. The van der Waals surface area contributed by atoms with E-state index in [1.807, 2.05) is 0 Å². The number of nitrogens with one attached hydrogen (secondary N) is 1. The summed E-state index contributed by atoms with van der Waals surface area (Å²) in [7, 11) is 0. The van der Waals surface area contributed by atoms with E-state index in [-0.39, 0.29) is 18.2 Å². The summed E-state index contributed by atoms with van der Waals surface area (Å²) in [6.45, 7) is 4.81. The molecule has 0 bridgehead atoms. The predicted octanol–water partition coefficient (Wildman–Crippen LogP) is 0.188. The lowest BCUT2D eigenvalue weighted by molar-refractivity contribution is 0.0655. The fourth-order valence-corrected chi connectivity index (χ4v) is 2.41. The van der Waals surface area contributed by atoms with Crippen molar-refractivity contribution >= 4 is 6.09 Å². The second kappa shape index (κ2) is 5.01. The molecule has 0 saturated carbocycles. The van der Waals surface area contributed by atoms with Gasteiger partial charge in [-0.3, -0.25) is 0 Å². The van der Waals surface area contributed by atoms with Gasteiger partial charge in [0.1, 0.15) is 0 Å². The SMILES string of the molecule is CCOC(=O)N1CCC(O)C1CC1CNC1. The molecule has 5 heteroatoms. The summed E-state index contributed by atoms with van der Waals surface area (Å²) >= 11 is 0. The van der Waals surface area contributed by atoms with Crippen LogP contribution in [0.5, 0.6) is 0 Å². The fraction of sp³-hybridized carbons (Fsp3) is 0.909. The first-order valence-corrected chi connectivity index (χ1v) is 6.04. The van der Waals surface area contributed by atoms with Crippen molar-refractivity contribution in [2.45, 2.75) is 31.9 Å². The number of hydrogen-bond donors (Lipinski definition) is 2. The molecule has 2 rings (SSSR count). The van der Waals surface area contributed by atoms with Gasteiger partial charge in [-0.15, -0.1) is 0 Å². The summed E-state index contributed by atoms with van der Waals surface area (Å²) in [5.41, 5.74) is 0. The highest BCUT2D eigenvalue weighted by Gasteiger charge is 2.38. The Balaban J connectivity index is 1.91. The van der Waals surface area contributed by atoms with Crippen LogP contribution in [0.2, 0.25) is 0 Å². The molecule has 16 heavy (non-hydrogen) atoms. The monoisotopic (exact) mass is 228 g/mol. The molecule has 0 radical (unpaired) electrons. The molecule has 2 atom stereocenters. The first kappa shape index (κ1) is 11.7. The third-order valence-electron chi connectivity index (χ3n) is 3.45. The van der Waals surface area contributed by atoms with E-state index in [2.05, 4.69) is 5.32 Å². The largest absolute Gasteiger partial charge is 0.450 e. The number of likely N-dealkylation sites (tertiary alicyclic amines) is 1. The second-order valence-corrected chi connectivity index (χ2v) is 4.58. The van der Waals surface area contributed by atoms with E-state index in [9.17, 15) is 9.90 Å². The summed E-state index contributed by atoms with van der Waals surface area (Å²) in [6, 6.07) is -0.0499. The summed E-state index contributed by atoms with van der Waals surface area (Å²) in [5, 5.41) is 13.1. The Morgan fingerprint density at radius 1 is 1.56 bits per heavy atom. The summed E-state index contributed by atoms with van der Waals surface area (Å²) in [4.78, 5) is 13.4. The fourth-order valence-electron chi connectivity index (χ4n) is 2.41. The van der Waals surface area contributed by atoms with Crippen LogP contribution in [0.4, 0.5) is 4.79 Å². The van der Waals surface area contributed by atoms with Crippen LogP contribution >= 0.6 is 0 Å². The number of aliphatic hydroxyl groups is 1. The lowest BCUT2D eigenvalue weighted by Crippen LogP contribution is -2.48. The Morgan fingerprint density at radius 3 is 2.88 bits per heavy atom. The Labute approximate surface area is 95.8 Å². The minimum absolute atomic E-state index is 0.0499. The molecule has 0 aliphatic carbocycles. The molecule has 2 N–H and O–H groups in total. The van der Waals surface area contributed by atoms with Crippen molar-refractivity contribution in [2.75, 3.05) is 26.2 Å². The smallest absolute Gasteiger partial charge is 0.410 e. The summed E-state index contributed by atoms with van der Waals surface area (Å²) in [6.07, 6.45) is 0.887. The van der Waals surface area contributed by atoms with E-state index < -0.39 is 0 Å². The van der Waals surface area contributed by atoms with Crippen molar-refractivity contribution in [1.29, 1.82) is 0 Å². The zero-order chi connectivity index (χ0) is 11.5. The van der Waals surface area contributed by atoms with Crippen molar-refractivity contribution in [3.8, 4) is 0 Å². The van der Waals surface area contributed by atoms with E-state index in [1.54, 1.807) is 11.8 Å². The number of carbonyl (C=O) groups is 1. The second-order valence-electron chi connectivity index (χ2n) is 4.58. The van der Waals surface area contributed by atoms with Crippen LogP contribution in [0.25, 0.3) is 0 Å². The Hall–Kier alpha value is -0.810. The van der Waals surface area contributed by atoms with Crippen molar-refractivity contribution in [2.24, 2.45) is 5.92 Å². The molecule has 2 fully saturated rings. The maximum absolute atomic E-state index is 11.7. The molecule has 2 saturated heterocycles. The average molecular weight is 228 g/mol. The number of rotatable bonds is 3. The van der Waals surface area contributed by atoms with Gasteiger partial charge in [0.15, 0.2) is 0 Å². The molecule has 0 aromatic heterocycles. The average Bonchev–Trinajstić information content (AvgIpc) is 2.54. The normalized spacial score (nSPS) is 30.2. The first-order valence-electron chi connectivity index (χ1n) is 6.04. The quantitative estimate of drug-likeness (QED) is 0.724. The topological polar surface area (TPSA) is 61.8 Å². The van der Waals surface area contributed by atoms with Crippen LogP contribution < -0.4 is 5.32 Å². The zero-order valence-corrected chi connectivity index (χ0v) is 9.69. The van der Waals surface area contributed by atoms with Crippen molar-refractivity contribution < 1.29 is 14.6 Å². The lowest BCUT2D eigenvalue weighted by Gasteiger charge is -2.33. The molecule has 2 aliphatic rings. The van der Waals surface area contributed by atoms with E-state index in [1.165, 1.54) is 0 Å². The van der Waals surface area contributed by atoms with Gasteiger partial charge in [0.05, 0.1) is 18.8 Å². The summed E-state index contributed by atoms with van der Waals surface area (Å²) < 4.78 is 5.00. The van der Waals surface area contributed by atoms with Crippen molar-refractivity contribution in [3.63, 3.8) is 0 Å². The van der Waals surface area contributed by atoms with Crippen molar-refractivity contribution in [1.82, 2.24) is 10.2 Å². The first-order chi connectivity index (χ1) is 7.72. The third-order valence-corrected chi connectivity index (χ3v) is 3.45. The summed E-state index contributed by atoms with van der Waals surface area (Å²) in [5.74, 6) is 0.592. The van der Waals surface area contributed by atoms with E-state index in [0.717, 1.165) is 19.5 Å². The maximum atomic E-state index is 11.7. The molecule has 1 amide bonds. The van der Waals surface area contributed by atoms with Crippen LogP contribution in [0, 0.1) is 5.92 Å². The van der Waals surface area contributed by atoms with E-state index in [0.29, 0.717) is 25.5 Å². The standard InChI is InChI=1S/C11H20N2O3/c1-2-16-11(15)13-4-3-10(14)9(13)5-8-6-12-7-8/h8-10,12,14H,2-7H2,1H3. The molecule has 0 spiro atoms. The molecule has 2 aliphatic heterocycles. The Kier molecular flexibility index (Phi) is 3.66. The highest BCUT2D eigenvalue weighted by molar-refractivity contribution is 5.68. The van der Waals surface area contributed by atoms with Gasteiger partial charge in [0.25, 0.3) is 0 Å². The number of aliphatic hydroxyl groups excluding tert-OH is 1. The zero-order valence-electron chi connectivity index (χ0n) is 9.69. The van der Waals surface area contributed by atoms with Gasteiger partial charge < -0.3 is 20.1 Å². The third kappa shape index (κ3) is 2.30. The van der Waals surface area contributed by atoms with Gasteiger partial charge in [0.2, 0.25) is 0 Å². The number of hydrogen-bond acceptors (Lipinski definition) is 4. The van der Waals surface area contributed by atoms with Crippen LogP contribution in [0.15, 0.2) is 0 Å². The van der Waals surface area contributed by atoms with Crippen LogP contribution in [-0.4, -0.2) is 54.5 Å². The van der Waals surface area contributed by atoms with Gasteiger partial charge in [-0.05, 0) is 38.8 Å². The van der Waals surface area contributed by atoms with Gasteiger partial charge in [0, 0.05) is 6.54 Å². The Morgan fingerprint density at radius 2 is 2.31 bits per heavy atom. The molecule has 2 unspecified atom stereocenters. The minimum atomic E-state index is -0.384. The molecule has 2 heterocycles. The van der Waals surface area contributed by atoms with E-state index >= 15 is 0 Å². The van der Waals surface area contributed by atoms with Gasteiger partial charge in [-0.2, -0.15) is 0 Å². The lowest BCUT2D eigenvalue weighted by atomic mass is 9.92. The molecule has 92 valence electrons. The Bertz CT molecular complexity index is 256. The van der Waals surface area contributed by atoms with E-state index in [4.69, 9.17) is 4.74 Å². The molecular formula is C11H20N2O3. The molecular weight excluding hydrogens is 208 g/mol.